The maximum atomic E-state index is 12.0. The van der Waals surface area contributed by atoms with Crippen molar-refractivity contribution in [3.05, 3.63) is 76.7 Å². The number of hydrogen-bond donors (Lipinski definition) is 0. The van der Waals surface area contributed by atoms with E-state index in [0.29, 0.717) is 0 Å². The number of ether oxygens (including phenoxy) is 1. The van der Waals surface area contributed by atoms with Crippen molar-refractivity contribution in [2.24, 2.45) is 0 Å². The first kappa shape index (κ1) is 18.4. The third-order valence-electron chi connectivity index (χ3n) is 4.64. The van der Waals surface area contributed by atoms with E-state index in [9.17, 15) is 4.79 Å². The predicted octanol–water partition coefficient (Wildman–Crippen LogP) is 6.05. The summed E-state index contributed by atoms with van der Waals surface area (Å²) in [5, 5.41) is 2.06. The zero-order valence-electron chi connectivity index (χ0n) is 15.7. The van der Waals surface area contributed by atoms with Crippen molar-refractivity contribution in [2.75, 3.05) is 7.11 Å². The number of carbonyl (C=O) groups excluding carboxylic acids is 1. The lowest BCUT2D eigenvalue weighted by Crippen LogP contribution is -2.11. The topological polar surface area (TPSA) is 26.3 Å². The van der Waals surface area contributed by atoms with E-state index in [4.69, 9.17) is 4.74 Å². The van der Waals surface area contributed by atoms with Gasteiger partial charge in [0.15, 0.2) is 0 Å². The quantitative estimate of drug-likeness (QED) is 0.515. The number of benzene rings is 2. The van der Waals surface area contributed by atoms with Crippen LogP contribution in [0.2, 0.25) is 0 Å². The third-order valence-corrected chi connectivity index (χ3v) is 5.56. The molecule has 0 aliphatic carbocycles. The van der Waals surface area contributed by atoms with Gasteiger partial charge >= 0.3 is 0 Å². The lowest BCUT2D eigenvalue weighted by atomic mass is 9.84. The monoisotopic (exact) mass is 364 g/mol. The molecule has 0 saturated heterocycles. The van der Waals surface area contributed by atoms with Crippen LogP contribution in [0.25, 0.3) is 10.4 Å². The molecular formula is C23H24O2S. The summed E-state index contributed by atoms with van der Waals surface area (Å²) >= 11 is 1.69. The molecule has 3 aromatic rings. The van der Waals surface area contributed by atoms with Crippen LogP contribution in [0.3, 0.4) is 0 Å². The second kappa shape index (κ2) is 7.46. The Hall–Kier alpha value is -2.39. The Morgan fingerprint density at radius 3 is 2.31 bits per heavy atom. The van der Waals surface area contributed by atoms with E-state index < -0.39 is 0 Å². The summed E-state index contributed by atoms with van der Waals surface area (Å²) in [7, 11) is 1.65. The molecule has 0 bridgehead atoms. The molecule has 3 heteroatoms. The van der Waals surface area contributed by atoms with E-state index in [1.807, 2.05) is 18.2 Å². The van der Waals surface area contributed by atoms with Gasteiger partial charge in [0, 0.05) is 10.4 Å². The molecule has 1 heterocycles. The Morgan fingerprint density at radius 2 is 1.77 bits per heavy atom. The van der Waals surface area contributed by atoms with Crippen molar-refractivity contribution < 1.29 is 9.53 Å². The van der Waals surface area contributed by atoms with E-state index in [-0.39, 0.29) is 11.3 Å². The average Bonchev–Trinajstić information content (AvgIpc) is 3.17. The van der Waals surface area contributed by atoms with Gasteiger partial charge in [0.2, 0.25) is 0 Å². The number of carbonyl (C=O) groups is 1. The van der Waals surface area contributed by atoms with Crippen LogP contribution in [0.1, 0.15) is 43.4 Å². The molecule has 1 atom stereocenters. The molecule has 0 amide bonds. The van der Waals surface area contributed by atoms with Crippen molar-refractivity contribution in [3.8, 4) is 16.2 Å². The second-order valence-electron chi connectivity index (χ2n) is 7.42. The van der Waals surface area contributed by atoms with Crippen molar-refractivity contribution in [1.82, 2.24) is 0 Å². The lowest BCUT2D eigenvalue weighted by Gasteiger charge is -2.21. The number of rotatable bonds is 5. The van der Waals surface area contributed by atoms with Crippen LogP contribution < -0.4 is 4.74 Å². The highest BCUT2D eigenvalue weighted by Crippen LogP contribution is 2.36. The van der Waals surface area contributed by atoms with Crippen molar-refractivity contribution in [2.45, 2.75) is 32.1 Å². The maximum Gasteiger partial charge on any atom is 0.131 e. The Kier molecular flexibility index (Phi) is 5.28. The largest absolute Gasteiger partial charge is 0.496 e. The fourth-order valence-electron chi connectivity index (χ4n) is 3.10. The van der Waals surface area contributed by atoms with E-state index >= 15 is 0 Å². The van der Waals surface area contributed by atoms with Crippen molar-refractivity contribution >= 4 is 17.6 Å². The molecule has 26 heavy (non-hydrogen) atoms. The van der Waals surface area contributed by atoms with E-state index in [2.05, 4.69) is 62.5 Å². The lowest BCUT2D eigenvalue weighted by molar-refractivity contribution is -0.108. The summed E-state index contributed by atoms with van der Waals surface area (Å²) in [6.45, 7) is 6.56. The van der Waals surface area contributed by atoms with Crippen LogP contribution in [0, 0.1) is 0 Å². The van der Waals surface area contributed by atoms with Gasteiger partial charge in [-0.1, -0.05) is 51.1 Å². The summed E-state index contributed by atoms with van der Waals surface area (Å²) in [5.41, 5.74) is 4.33. The summed E-state index contributed by atoms with van der Waals surface area (Å²) in [6.07, 6.45) is 1.00. The first-order valence-electron chi connectivity index (χ1n) is 8.71. The van der Waals surface area contributed by atoms with Gasteiger partial charge in [-0.25, -0.2) is 0 Å². The van der Waals surface area contributed by atoms with E-state index in [0.717, 1.165) is 28.7 Å². The molecule has 3 rings (SSSR count). The zero-order valence-corrected chi connectivity index (χ0v) is 16.5. The molecule has 0 radical (unpaired) electrons. The fraction of sp³-hybridized carbons (Fsp3) is 0.261. The zero-order chi connectivity index (χ0) is 18.7. The molecule has 0 saturated carbocycles. The third kappa shape index (κ3) is 3.73. The summed E-state index contributed by atoms with van der Waals surface area (Å²) in [5.74, 6) is 0.390. The molecule has 134 valence electrons. The molecular weight excluding hydrogens is 340 g/mol. The molecule has 0 aliphatic rings. The minimum Gasteiger partial charge on any atom is -0.496 e. The maximum absolute atomic E-state index is 12.0. The molecule has 0 spiro atoms. The van der Waals surface area contributed by atoms with Gasteiger partial charge in [-0.3, -0.25) is 0 Å². The minimum absolute atomic E-state index is 0.0893. The van der Waals surface area contributed by atoms with Crippen LogP contribution >= 0.6 is 11.3 Å². The number of methoxy groups -OCH3 is 1. The Labute approximate surface area is 159 Å². The van der Waals surface area contributed by atoms with Gasteiger partial charge in [-0.15, -0.1) is 11.3 Å². The number of hydrogen-bond acceptors (Lipinski definition) is 3. The Bertz CT molecular complexity index is 872. The predicted molar refractivity (Wildman–Crippen MR) is 109 cm³/mol. The van der Waals surface area contributed by atoms with Gasteiger partial charge in [0.1, 0.15) is 12.0 Å². The minimum atomic E-state index is -0.348. The van der Waals surface area contributed by atoms with E-state index in [1.165, 1.54) is 10.4 Å². The first-order chi connectivity index (χ1) is 12.4. The van der Waals surface area contributed by atoms with Gasteiger partial charge in [-0.05, 0) is 51.8 Å². The van der Waals surface area contributed by atoms with Crippen LogP contribution in [0.5, 0.6) is 5.75 Å². The average molecular weight is 365 g/mol. The molecule has 0 aliphatic heterocycles. The molecule has 2 nitrogen and oxygen atoms in total. The van der Waals surface area contributed by atoms with Crippen LogP contribution in [0.4, 0.5) is 0 Å². The standard InChI is InChI=1S/C23H24O2S/c1-23(2,3)18-10-7-16(8-11-18)20(15-24)19-14-17(9-12-21(19)25-4)22-6-5-13-26-22/h5-15,20H,1-4H3. The number of thiophene rings is 1. The van der Waals surface area contributed by atoms with Crippen LogP contribution in [0.15, 0.2) is 60.0 Å². The SMILES string of the molecule is COc1ccc(-c2cccs2)cc1C(C=O)c1ccc(C(C)(C)C)cc1. The molecule has 2 aromatic carbocycles. The molecule has 1 unspecified atom stereocenters. The van der Waals surface area contributed by atoms with Crippen LogP contribution in [-0.2, 0) is 10.2 Å². The Morgan fingerprint density at radius 1 is 1.04 bits per heavy atom. The summed E-state index contributed by atoms with van der Waals surface area (Å²) < 4.78 is 5.54. The van der Waals surface area contributed by atoms with Gasteiger partial charge in [-0.2, -0.15) is 0 Å². The normalized spacial score (nSPS) is 12.6. The highest BCUT2D eigenvalue weighted by atomic mass is 32.1. The van der Waals surface area contributed by atoms with E-state index in [1.54, 1.807) is 18.4 Å². The summed E-state index contributed by atoms with van der Waals surface area (Å²) in [4.78, 5) is 13.2. The van der Waals surface area contributed by atoms with Crippen molar-refractivity contribution in [3.63, 3.8) is 0 Å². The first-order valence-corrected chi connectivity index (χ1v) is 9.59. The van der Waals surface area contributed by atoms with Gasteiger partial charge in [0.05, 0.1) is 13.0 Å². The highest BCUT2D eigenvalue weighted by molar-refractivity contribution is 7.13. The smallest absolute Gasteiger partial charge is 0.131 e. The molecule has 0 N–H and O–H groups in total. The van der Waals surface area contributed by atoms with Crippen LogP contribution in [-0.4, -0.2) is 13.4 Å². The fourth-order valence-corrected chi connectivity index (χ4v) is 3.82. The van der Waals surface area contributed by atoms with Gasteiger partial charge < -0.3 is 9.53 Å². The van der Waals surface area contributed by atoms with Gasteiger partial charge in [0.25, 0.3) is 0 Å². The summed E-state index contributed by atoms with van der Waals surface area (Å²) in [6, 6.07) is 18.5. The second-order valence-corrected chi connectivity index (χ2v) is 8.37. The molecule has 1 aromatic heterocycles. The highest BCUT2D eigenvalue weighted by Gasteiger charge is 2.20. The number of aldehydes is 1. The molecule has 0 fully saturated rings. The Balaban J connectivity index is 2.04. The van der Waals surface area contributed by atoms with Crippen molar-refractivity contribution in [1.29, 1.82) is 0 Å².